The van der Waals surface area contributed by atoms with Crippen LogP contribution in [0.4, 0.5) is 5.69 Å². The molecule has 96 valence electrons. The van der Waals surface area contributed by atoms with E-state index in [1.165, 1.54) is 32.1 Å². The van der Waals surface area contributed by atoms with Crippen LogP contribution in [-0.4, -0.2) is 13.7 Å². The molecule has 0 aliphatic heterocycles. The average molecular weight is 256 g/mol. The Kier molecular flexibility index (Phi) is 6.87. The summed E-state index contributed by atoms with van der Waals surface area (Å²) in [4.78, 5) is 0. The zero-order chi connectivity index (χ0) is 12.5. The van der Waals surface area contributed by atoms with Gasteiger partial charge in [0, 0.05) is 12.2 Å². The molecule has 0 radical (unpaired) electrons. The van der Waals surface area contributed by atoms with E-state index in [-0.39, 0.29) is 0 Å². The molecule has 3 heteroatoms. The molecule has 0 saturated heterocycles. The van der Waals surface area contributed by atoms with Crippen molar-refractivity contribution in [2.45, 2.75) is 39.0 Å². The summed E-state index contributed by atoms with van der Waals surface area (Å²) >= 11 is 6.05. The number of hydrogen-bond donors (Lipinski definition) is 1. The van der Waals surface area contributed by atoms with Gasteiger partial charge >= 0.3 is 0 Å². The predicted molar refractivity (Wildman–Crippen MR) is 75.3 cm³/mol. The lowest BCUT2D eigenvalue weighted by molar-refractivity contribution is 0.415. The van der Waals surface area contributed by atoms with Crippen molar-refractivity contribution in [3.8, 4) is 5.75 Å². The molecule has 0 saturated carbocycles. The van der Waals surface area contributed by atoms with Gasteiger partial charge in [0.05, 0.1) is 12.1 Å². The summed E-state index contributed by atoms with van der Waals surface area (Å²) in [6.07, 6.45) is 6.48. The van der Waals surface area contributed by atoms with Gasteiger partial charge in [0.1, 0.15) is 5.75 Å². The summed E-state index contributed by atoms with van der Waals surface area (Å²) in [6, 6.07) is 5.80. The summed E-state index contributed by atoms with van der Waals surface area (Å²) in [6.45, 7) is 3.24. The third kappa shape index (κ3) is 5.31. The molecule has 0 atom stereocenters. The SMILES string of the molecule is CCCCCCCNc1ccc(OC)c(Cl)c1. The van der Waals surface area contributed by atoms with Gasteiger partial charge in [-0.05, 0) is 24.6 Å². The van der Waals surface area contributed by atoms with Gasteiger partial charge in [0.15, 0.2) is 0 Å². The number of benzene rings is 1. The first-order valence-corrected chi connectivity index (χ1v) is 6.73. The van der Waals surface area contributed by atoms with Crippen LogP contribution in [0.25, 0.3) is 0 Å². The number of nitrogens with one attached hydrogen (secondary N) is 1. The number of ether oxygens (including phenoxy) is 1. The van der Waals surface area contributed by atoms with E-state index in [0.29, 0.717) is 5.02 Å². The smallest absolute Gasteiger partial charge is 0.137 e. The van der Waals surface area contributed by atoms with Gasteiger partial charge < -0.3 is 10.1 Å². The summed E-state index contributed by atoms with van der Waals surface area (Å²) in [7, 11) is 1.63. The molecular formula is C14H22ClNO. The first-order chi connectivity index (χ1) is 8.27. The normalized spacial score (nSPS) is 10.3. The van der Waals surface area contributed by atoms with E-state index >= 15 is 0 Å². The molecule has 1 rings (SSSR count). The third-order valence-electron chi connectivity index (χ3n) is 2.76. The molecule has 0 aliphatic carbocycles. The monoisotopic (exact) mass is 255 g/mol. The quantitative estimate of drug-likeness (QED) is 0.678. The van der Waals surface area contributed by atoms with E-state index in [1.807, 2.05) is 18.2 Å². The second kappa shape index (κ2) is 8.24. The van der Waals surface area contributed by atoms with Gasteiger partial charge in [-0.15, -0.1) is 0 Å². The maximum absolute atomic E-state index is 6.05. The molecule has 0 aliphatic rings. The van der Waals surface area contributed by atoms with Gasteiger partial charge in [-0.3, -0.25) is 0 Å². The first kappa shape index (κ1) is 14.2. The topological polar surface area (TPSA) is 21.3 Å². The Balaban J connectivity index is 2.25. The standard InChI is InChI=1S/C14H22ClNO/c1-3-4-5-6-7-10-16-12-8-9-14(17-2)13(15)11-12/h8-9,11,16H,3-7,10H2,1-2H3. The summed E-state index contributed by atoms with van der Waals surface area (Å²) in [5.74, 6) is 0.722. The van der Waals surface area contributed by atoms with Crippen LogP contribution in [0, 0.1) is 0 Å². The van der Waals surface area contributed by atoms with Crippen molar-refractivity contribution in [3.05, 3.63) is 23.2 Å². The Morgan fingerprint density at radius 2 is 1.94 bits per heavy atom. The molecule has 1 N–H and O–H groups in total. The molecule has 0 spiro atoms. The minimum absolute atomic E-state index is 0.656. The van der Waals surface area contributed by atoms with Crippen molar-refractivity contribution < 1.29 is 4.74 Å². The lowest BCUT2D eigenvalue weighted by Gasteiger charge is -2.08. The molecule has 17 heavy (non-hydrogen) atoms. The Labute approximate surface area is 109 Å². The molecule has 1 aromatic rings. The van der Waals surface area contributed by atoms with Crippen LogP contribution in [-0.2, 0) is 0 Å². The van der Waals surface area contributed by atoms with Gasteiger partial charge in [0.2, 0.25) is 0 Å². The van der Waals surface area contributed by atoms with E-state index in [1.54, 1.807) is 7.11 Å². The maximum Gasteiger partial charge on any atom is 0.137 e. The van der Waals surface area contributed by atoms with Crippen LogP contribution in [0.5, 0.6) is 5.75 Å². The van der Waals surface area contributed by atoms with Crippen LogP contribution >= 0.6 is 11.6 Å². The van der Waals surface area contributed by atoms with Gasteiger partial charge in [-0.2, -0.15) is 0 Å². The molecule has 0 amide bonds. The van der Waals surface area contributed by atoms with E-state index < -0.39 is 0 Å². The van der Waals surface area contributed by atoms with Gasteiger partial charge in [0.25, 0.3) is 0 Å². The van der Waals surface area contributed by atoms with E-state index in [2.05, 4.69) is 12.2 Å². The van der Waals surface area contributed by atoms with Crippen molar-refractivity contribution in [2.75, 3.05) is 19.0 Å². The Bertz CT molecular complexity index is 328. The highest BCUT2D eigenvalue weighted by molar-refractivity contribution is 6.32. The van der Waals surface area contributed by atoms with Crippen molar-refractivity contribution in [1.29, 1.82) is 0 Å². The Morgan fingerprint density at radius 1 is 1.18 bits per heavy atom. The number of hydrogen-bond acceptors (Lipinski definition) is 2. The maximum atomic E-state index is 6.05. The third-order valence-corrected chi connectivity index (χ3v) is 3.06. The molecule has 0 aromatic heterocycles. The number of anilines is 1. The molecule has 0 fully saturated rings. The highest BCUT2D eigenvalue weighted by atomic mass is 35.5. The van der Waals surface area contributed by atoms with Crippen LogP contribution in [0.15, 0.2) is 18.2 Å². The molecular weight excluding hydrogens is 234 g/mol. The lowest BCUT2D eigenvalue weighted by atomic mass is 10.1. The first-order valence-electron chi connectivity index (χ1n) is 6.35. The fraction of sp³-hybridized carbons (Fsp3) is 0.571. The second-order valence-electron chi connectivity index (χ2n) is 4.19. The van der Waals surface area contributed by atoms with Crippen molar-refractivity contribution in [2.24, 2.45) is 0 Å². The lowest BCUT2D eigenvalue weighted by Crippen LogP contribution is -2.01. The molecule has 0 bridgehead atoms. The van der Waals surface area contributed by atoms with Crippen molar-refractivity contribution >= 4 is 17.3 Å². The van der Waals surface area contributed by atoms with Crippen molar-refractivity contribution in [3.63, 3.8) is 0 Å². The molecule has 0 heterocycles. The fourth-order valence-electron chi connectivity index (χ4n) is 1.74. The highest BCUT2D eigenvalue weighted by Gasteiger charge is 2.00. The molecule has 1 aromatic carbocycles. The fourth-order valence-corrected chi connectivity index (χ4v) is 2.00. The van der Waals surface area contributed by atoms with Crippen LogP contribution in [0.2, 0.25) is 5.02 Å². The predicted octanol–water partition coefficient (Wildman–Crippen LogP) is 4.73. The minimum atomic E-state index is 0.656. The Morgan fingerprint density at radius 3 is 2.59 bits per heavy atom. The summed E-state index contributed by atoms with van der Waals surface area (Å²) in [5.41, 5.74) is 1.06. The zero-order valence-electron chi connectivity index (χ0n) is 10.8. The number of unbranched alkanes of at least 4 members (excludes halogenated alkanes) is 4. The molecule has 2 nitrogen and oxygen atoms in total. The van der Waals surface area contributed by atoms with Crippen LogP contribution < -0.4 is 10.1 Å². The molecule has 0 unspecified atom stereocenters. The zero-order valence-corrected chi connectivity index (χ0v) is 11.5. The van der Waals surface area contributed by atoms with Crippen LogP contribution in [0.1, 0.15) is 39.0 Å². The second-order valence-corrected chi connectivity index (χ2v) is 4.60. The van der Waals surface area contributed by atoms with E-state index in [4.69, 9.17) is 16.3 Å². The Hall–Kier alpha value is -0.890. The van der Waals surface area contributed by atoms with Gasteiger partial charge in [-0.25, -0.2) is 0 Å². The minimum Gasteiger partial charge on any atom is -0.495 e. The number of methoxy groups -OCH3 is 1. The summed E-state index contributed by atoms with van der Waals surface area (Å²) < 4.78 is 5.11. The van der Waals surface area contributed by atoms with E-state index in [0.717, 1.165) is 18.0 Å². The van der Waals surface area contributed by atoms with E-state index in [9.17, 15) is 0 Å². The largest absolute Gasteiger partial charge is 0.495 e. The average Bonchev–Trinajstić information content (AvgIpc) is 2.34. The van der Waals surface area contributed by atoms with Gasteiger partial charge in [-0.1, -0.05) is 44.2 Å². The summed E-state index contributed by atoms with van der Waals surface area (Å²) in [5, 5.41) is 4.03. The van der Waals surface area contributed by atoms with Crippen LogP contribution in [0.3, 0.4) is 0 Å². The number of halogens is 1. The van der Waals surface area contributed by atoms with Crippen molar-refractivity contribution in [1.82, 2.24) is 0 Å². The number of rotatable bonds is 8. The highest BCUT2D eigenvalue weighted by Crippen LogP contribution is 2.27.